The monoisotopic (exact) mass is 314 g/mol. The second-order valence-corrected chi connectivity index (χ2v) is 7.11. The van der Waals surface area contributed by atoms with Crippen molar-refractivity contribution in [3.8, 4) is 0 Å². The minimum absolute atomic E-state index is 0.393. The van der Waals surface area contributed by atoms with Gasteiger partial charge in [-0.05, 0) is 30.7 Å². The molecule has 0 bridgehead atoms. The highest BCUT2D eigenvalue weighted by Gasteiger charge is 2.27. The van der Waals surface area contributed by atoms with Crippen molar-refractivity contribution in [2.24, 2.45) is 5.92 Å². The lowest BCUT2D eigenvalue weighted by Gasteiger charge is -2.39. The third kappa shape index (κ3) is 4.14. The quantitative estimate of drug-likeness (QED) is 0.824. The van der Waals surface area contributed by atoms with E-state index >= 15 is 0 Å². The van der Waals surface area contributed by atoms with Crippen LogP contribution in [0.1, 0.15) is 57.1 Å². The molecule has 0 radical (unpaired) electrons. The van der Waals surface area contributed by atoms with E-state index in [0.717, 1.165) is 39.0 Å². The molecule has 1 saturated carbocycles. The standard InChI is InChI=1S/C20H30N2O/c1-2-19(18-10-4-3-5-11-18)21-12-14-22(15-13-21)20(23)16-17-8-6-7-9-17/h3-5,10-11,17,19H,2,6-9,12-16H2,1H3. The van der Waals surface area contributed by atoms with Gasteiger partial charge >= 0.3 is 0 Å². The fourth-order valence-corrected chi connectivity index (χ4v) is 4.25. The molecule has 3 nitrogen and oxygen atoms in total. The number of rotatable bonds is 5. The van der Waals surface area contributed by atoms with Gasteiger partial charge in [-0.15, -0.1) is 0 Å². The molecule has 2 aliphatic rings. The molecule has 1 atom stereocenters. The van der Waals surface area contributed by atoms with Crippen molar-refractivity contribution in [1.29, 1.82) is 0 Å². The van der Waals surface area contributed by atoms with Crippen LogP contribution >= 0.6 is 0 Å². The Kier molecular flexibility index (Phi) is 5.71. The topological polar surface area (TPSA) is 23.6 Å². The van der Waals surface area contributed by atoms with Crippen LogP contribution in [0.3, 0.4) is 0 Å². The van der Waals surface area contributed by atoms with Gasteiger partial charge in [-0.1, -0.05) is 50.1 Å². The first-order valence-electron chi connectivity index (χ1n) is 9.34. The average molecular weight is 314 g/mol. The summed E-state index contributed by atoms with van der Waals surface area (Å²) in [7, 11) is 0. The van der Waals surface area contributed by atoms with Crippen molar-refractivity contribution in [3.05, 3.63) is 35.9 Å². The predicted octanol–water partition coefficient (Wildman–Crippen LogP) is 3.86. The van der Waals surface area contributed by atoms with E-state index in [1.807, 2.05) is 0 Å². The number of amides is 1. The Balaban J connectivity index is 1.52. The first-order chi connectivity index (χ1) is 11.3. The maximum atomic E-state index is 12.5. The van der Waals surface area contributed by atoms with Gasteiger partial charge in [0.25, 0.3) is 0 Å². The summed E-state index contributed by atoms with van der Waals surface area (Å²) in [6.07, 6.45) is 7.08. The molecule has 1 aromatic carbocycles. The van der Waals surface area contributed by atoms with E-state index in [4.69, 9.17) is 0 Å². The average Bonchev–Trinajstić information content (AvgIpc) is 3.10. The highest BCUT2D eigenvalue weighted by Crippen LogP contribution is 2.29. The molecule has 3 rings (SSSR count). The van der Waals surface area contributed by atoms with Crippen LogP contribution in [-0.4, -0.2) is 41.9 Å². The van der Waals surface area contributed by atoms with Gasteiger partial charge in [0.2, 0.25) is 5.91 Å². The molecule has 0 N–H and O–H groups in total. The molecule has 3 heteroatoms. The Morgan fingerprint density at radius 1 is 1.09 bits per heavy atom. The van der Waals surface area contributed by atoms with Gasteiger partial charge in [-0.25, -0.2) is 0 Å². The van der Waals surface area contributed by atoms with Crippen LogP contribution in [-0.2, 0) is 4.79 Å². The normalized spacial score (nSPS) is 21.5. The van der Waals surface area contributed by atoms with Crippen LogP contribution in [0.25, 0.3) is 0 Å². The largest absolute Gasteiger partial charge is 0.340 e. The Hall–Kier alpha value is -1.35. The van der Waals surface area contributed by atoms with E-state index in [0.29, 0.717) is 17.9 Å². The molecule has 23 heavy (non-hydrogen) atoms. The molecule has 126 valence electrons. The maximum absolute atomic E-state index is 12.5. The molecule has 1 saturated heterocycles. The highest BCUT2D eigenvalue weighted by atomic mass is 16.2. The Labute approximate surface area is 140 Å². The highest BCUT2D eigenvalue weighted by molar-refractivity contribution is 5.76. The molecule has 1 aliphatic heterocycles. The molecular weight excluding hydrogens is 284 g/mol. The van der Waals surface area contributed by atoms with E-state index in [9.17, 15) is 4.79 Å². The summed E-state index contributed by atoms with van der Waals surface area (Å²) in [5.74, 6) is 1.05. The van der Waals surface area contributed by atoms with Crippen molar-refractivity contribution in [2.45, 2.75) is 51.5 Å². The lowest BCUT2D eigenvalue weighted by atomic mass is 10.0. The van der Waals surface area contributed by atoms with E-state index in [2.05, 4.69) is 47.1 Å². The Bertz CT molecular complexity index is 488. The van der Waals surface area contributed by atoms with Gasteiger partial charge in [0.1, 0.15) is 0 Å². The number of benzene rings is 1. The molecular formula is C20H30N2O. The number of piperazine rings is 1. The van der Waals surface area contributed by atoms with Gasteiger partial charge < -0.3 is 4.90 Å². The van der Waals surface area contributed by atoms with E-state index < -0.39 is 0 Å². The van der Waals surface area contributed by atoms with E-state index in [1.54, 1.807) is 0 Å². The molecule has 1 unspecified atom stereocenters. The zero-order chi connectivity index (χ0) is 16.1. The fourth-order valence-electron chi connectivity index (χ4n) is 4.25. The van der Waals surface area contributed by atoms with Crippen molar-refractivity contribution in [1.82, 2.24) is 9.80 Å². The fraction of sp³-hybridized carbons (Fsp3) is 0.650. The maximum Gasteiger partial charge on any atom is 0.222 e. The van der Waals surface area contributed by atoms with Crippen LogP contribution in [0.15, 0.2) is 30.3 Å². The van der Waals surface area contributed by atoms with Crippen molar-refractivity contribution < 1.29 is 4.79 Å². The zero-order valence-corrected chi connectivity index (χ0v) is 14.4. The van der Waals surface area contributed by atoms with Crippen LogP contribution in [0, 0.1) is 5.92 Å². The lowest BCUT2D eigenvalue weighted by Crippen LogP contribution is -2.49. The van der Waals surface area contributed by atoms with Gasteiger partial charge in [-0.2, -0.15) is 0 Å². The molecule has 1 aliphatic carbocycles. The number of nitrogens with zero attached hydrogens (tertiary/aromatic N) is 2. The number of carbonyl (C=O) groups excluding carboxylic acids is 1. The van der Waals surface area contributed by atoms with E-state index in [-0.39, 0.29) is 0 Å². The summed E-state index contributed by atoms with van der Waals surface area (Å²) in [6.45, 7) is 6.06. The minimum atomic E-state index is 0.393. The summed E-state index contributed by atoms with van der Waals surface area (Å²) in [5.41, 5.74) is 1.40. The van der Waals surface area contributed by atoms with Gasteiger partial charge in [-0.3, -0.25) is 9.69 Å². The van der Waals surface area contributed by atoms with Crippen LogP contribution in [0.4, 0.5) is 0 Å². The van der Waals surface area contributed by atoms with Crippen LogP contribution in [0.2, 0.25) is 0 Å². The smallest absolute Gasteiger partial charge is 0.222 e. The van der Waals surface area contributed by atoms with Gasteiger partial charge in [0.05, 0.1) is 0 Å². The van der Waals surface area contributed by atoms with Gasteiger partial charge in [0, 0.05) is 38.6 Å². The van der Waals surface area contributed by atoms with E-state index in [1.165, 1.54) is 31.2 Å². The third-order valence-corrected chi connectivity index (χ3v) is 5.62. The number of hydrogen-bond donors (Lipinski definition) is 0. The van der Waals surface area contributed by atoms with Crippen molar-refractivity contribution in [3.63, 3.8) is 0 Å². The summed E-state index contributed by atoms with van der Waals surface area (Å²) in [5, 5.41) is 0. The van der Waals surface area contributed by atoms with Crippen molar-refractivity contribution >= 4 is 5.91 Å². The zero-order valence-electron chi connectivity index (χ0n) is 14.4. The Morgan fingerprint density at radius 3 is 2.35 bits per heavy atom. The first kappa shape index (κ1) is 16.5. The summed E-state index contributed by atoms with van der Waals surface area (Å²) in [4.78, 5) is 17.1. The lowest BCUT2D eigenvalue weighted by molar-refractivity contribution is -0.134. The summed E-state index contributed by atoms with van der Waals surface area (Å²) in [6, 6.07) is 11.3. The number of carbonyl (C=O) groups is 1. The van der Waals surface area contributed by atoms with Crippen LogP contribution in [0.5, 0.6) is 0 Å². The van der Waals surface area contributed by atoms with Crippen molar-refractivity contribution in [2.75, 3.05) is 26.2 Å². The summed E-state index contributed by atoms with van der Waals surface area (Å²) >= 11 is 0. The SMILES string of the molecule is CCC(c1ccccc1)N1CCN(C(=O)CC2CCCC2)CC1. The minimum Gasteiger partial charge on any atom is -0.340 e. The molecule has 0 spiro atoms. The second-order valence-electron chi connectivity index (χ2n) is 7.11. The van der Waals surface area contributed by atoms with Gasteiger partial charge in [0.15, 0.2) is 0 Å². The predicted molar refractivity (Wildman–Crippen MR) is 94.2 cm³/mol. The first-order valence-corrected chi connectivity index (χ1v) is 9.34. The van der Waals surface area contributed by atoms with Crippen LogP contribution < -0.4 is 0 Å². The molecule has 1 amide bonds. The molecule has 0 aromatic heterocycles. The molecule has 1 heterocycles. The molecule has 2 fully saturated rings. The molecule has 1 aromatic rings. The number of hydrogen-bond acceptors (Lipinski definition) is 2. The third-order valence-electron chi connectivity index (χ3n) is 5.62. The summed E-state index contributed by atoms with van der Waals surface area (Å²) < 4.78 is 0. The Morgan fingerprint density at radius 2 is 1.74 bits per heavy atom. The second kappa shape index (κ2) is 7.96.